The number of hydrogen-bond acceptors (Lipinski definition) is 2. The molecule has 13 aromatic rings. The molecule has 2 heterocycles. The third-order valence-corrected chi connectivity index (χ3v) is 17.4. The predicted molar refractivity (Wildman–Crippen MR) is 322 cm³/mol. The van der Waals surface area contributed by atoms with Gasteiger partial charge in [-0.1, -0.05) is 237 Å². The Morgan fingerprint density at radius 3 is 0.959 bits per heavy atom. The molecule has 0 unspecified atom stereocenters. The first-order chi connectivity index (χ1) is 36.7. The van der Waals surface area contributed by atoms with Gasteiger partial charge in [0.05, 0.1) is 0 Å². The van der Waals surface area contributed by atoms with E-state index in [1.54, 1.807) is 0 Å². The van der Waals surface area contributed by atoms with Crippen molar-refractivity contribution in [1.82, 2.24) is 0 Å². The van der Waals surface area contributed by atoms with Crippen molar-refractivity contribution in [2.75, 3.05) is 0 Å². The summed E-state index contributed by atoms with van der Waals surface area (Å²) >= 11 is 3.69. The number of allylic oxidation sites excluding steroid dienone is 4. The van der Waals surface area contributed by atoms with Crippen molar-refractivity contribution in [2.45, 2.75) is 12.8 Å². The van der Waals surface area contributed by atoms with E-state index in [1.165, 1.54) is 140 Å². The second-order valence-corrected chi connectivity index (χ2v) is 21.5. The molecule has 2 aromatic heterocycles. The van der Waals surface area contributed by atoms with Crippen LogP contribution in [-0.4, -0.2) is 0 Å². The lowest BCUT2D eigenvalue weighted by Crippen LogP contribution is -1.94. The highest BCUT2D eigenvalue weighted by Crippen LogP contribution is 2.48. The Balaban J connectivity index is 0.903. The molecule has 0 fully saturated rings. The van der Waals surface area contributed by atoms with Gasteiger partial charge in [-0.2, -0.15) is 0 Å². The molecule has 0 saturated carbocycles. The average molecular weight is 977 g/mol. The molecule has 0 atom stereocenters. The molecule has 14 rings (SSSR count). The van der Waals surface area contributed by atoms with Crippen molar-refractivity contribution in [2.24, 2.45) is 0 Å². The molecular weight excluding hydrogens is 929 g/mol. The summed E-state index contributed by atoms with van der Waals surface area (Å²) in [5, 5.41) is 10.1. The number of benzene rings is 11. The van der Waals surface area contributed by atoms with Crippen LogP contribution < -0.4 is 0 Å². The fourth-order valence-electron chi connectivity index (χ4n) is 11.5. The molecule has 2 heteroatoms. The van der Waals surface area contributed by atoms with E-state index in [1.807, 2.05) is 22.7 Å². The Morgan fingerprint density at radius 2 is 0.554 bits per heavy atom. The molecule has 1 aliphatic rings. The largest absolute Gasteiger partial charge is 0.135 e. The van der Waals surface area contributed by atoms with Gasteiger partial charge in [0.1, 0.15) is 0 Å². The van der Waals surface area contributed by atoms with Gasteiger partial charge >= 0.3 is 0 Å². The fourth-order valence-corrected chi connectivity index (χ4v) is 13.5. The van der Waals surface area contributed by atoms with Crippen molar-refractivity contribution in [3.8, 4) is 86.3 Å². The third-order valence-electron chi connectivity index (χ3n) is 15.0. The molecular formula is C72H48S2. The first kappa shape index (κ1) is 44.1. The Labute approximate surface area is 440 Å². The normalized spacial score (nSPS) is 12.5. The predicted octanol–water partition coefficient (Wildman–Crippen LogP) is 21.5. The SMILES string of the molecule is C1=CC(c2c3ccccc3c(-c3ccc(-c4ccc5c(-c6ccc(-c7ccc(-c8ccccc8)s7)cc6)c6ccccc6c(-c6ccc(-c7ccc(-c8ccccc8)s7)cc6)c5c4)cc3)c3ccccc23)=CCC1. The minimum Gasteiger partial charge on any atom is -0.135 e. The Kier molecular flexibility index (Phi) is 11.2. The highest BCUT2D eigenvalue weighted by Gasteiger charge is 2.21. The quantitative estimate of drug-likeness (QED) is 0.126. The van der Waals surface area contributed by atoms with E-state index in [-0.39, 0.29) is 0 Å². The van der Waals surface area contributed by atoms with E-state index in [0.29, 0.717) is 0 Å². The van der Waals surface area contributed by atoms with E-state index in [0.717, 1.165) is 12.8 Å². The Bertz CT molecular complexity index is 4240. The maximum atomic E-state index is 2.45. The Morgan fingerprint density at radius 1 is 0.230 bits per heavy atom. The fraction of sp³-hybridized carbons (Fsp3) is 0.0278. The summed E-state index contributed by atoms with van der Waals surface area (Å²) in [6, 6.07) is 92.4. The minimum atomic E-state index is 1.07. The molecule has 0 radical (unpaired) electrons. The van der Waals surface area contributed by atoms with Crippen molar-refractivity contribution in [1.29, 1.82) is 0 Å². The van der Waals surface area contributed by atoms with Gasteiger partial charge in [-0.25, -0.2) is 0 Å². The van der Waals surface area contributed by atoms with Crippen LogP contribution in [0.4, 0.5) is 0 Å². The van der Waals surface area contributed by atoms with E-state index < -0.39 is 0 Å². The van der Waals surface area contributed by atoms with Gasteiger partial charge in [0.15, 0.2) is 0 Å². The summed E-state index contributed by atoms with van der Waals surface area (Å²) in [6.45, 7) is 0. The van der Waals surface area contributed by atoms with Crippen LogP contribution in [0, 0.1) is 0 Å². The van der Waals surface area contributed by atoms with Crippen LogP contribution >= 0.6 is 22.7 Å². The number of thiophene rings is 2. The van der Waals surface area contributed by atoms with Crippen LogP contribution in [0.15, 0.2) is 267 Å². The molecule has 348 valence electrons. The molecule has 0 N–H and O–H groups in total. The highest BCUT2D eigenvalue weighted by molar-refractivity contribution is 7.19. The van der Waals surface area contributed by atoms with Gasteiger partial charge in [0.2, 0.25) is 0 Å². The minimum absolute atomic E-state index is 1.07. The van der Waals surface area contributed by atoms with Crippen LogP contribution in [-0.2, 0) is 0 Å². The molecule has 0 saturated heterocycles. The van der Waals surface area contributed by atoms with E-state index in [4.69, 9.17) is 0 Å². The standard InChI is InChI=1S/C72H48S2/c1-4-16-48(17-5-1)65-42-44-67(73-65)50-30-36-54(37-31-50)71-61-26-14-15-27-62(61)72(55-38-32-51(33-39-55)68-45-43-66(74-68)49-18-6-2-7-19-49)64-46-56(40-41-63(64)71)47-28-34-53(35-29-47)70-59-24-12-10-22-57(59)69(52-20-8-3-9-21-52)58-23-11-13-25-60(58)70/h1-2,4-8,10-46H,3,9H2. The van der Waals surface area contributed by atoms with E-state index in [9.17, 15) is 0 Å². The smallest absolute Gasteiger partial charge is 0.0349 e. The molecule has 0 nitrogen and oxygen atoms in total. The van der Waals surface area contributed by atoms with Gasteiger partial charge in [-0.05, 0) is 164 Å². The third kappa shape index (κ3) is 7.83. The first-order valence-electron chi connectivity index (χ1n) is 25.6. The van der Waals surface area contributed by atoms with Crippen LogP contribution in [0.5, 0.6) is 0 Å². The second-order valence-electron chi connectivity index (χ2n) is 19.3. The summed E-state index contributed by atoms with van der Waals surface area (Å²) in [5.74, 6) is 0. The van der Waals surface area contributed by atoms with Gasteiger partial charge in [-0.15, -0.1) is 22.7 Å². The van der Waals surface area contributed by atoms with E-state index in [2.05, 4.69) is 267 Å². The summed E-state index contributed by atoms with van der Waals surface area (Å²) in [7, 11) is 0. The van der Waals surface area contributed by atoms with Gasteiger partial charge in [0, 0.05) is 19.5 Å². The van der Waals surface area contributed by atoms with Gasteiger partial charge < -0.3 is 0 Å². The zero-order valence-corrected chi connectivity index (χ0v) is 42.3. The molecule has 0 spiro atoms. The first-order valence-corrected chi connectivity index (χ1v) is 27.3. The van der Waals surface area contributed by atoms with Crippen molar-refractivity contribution < 1.29 is 0 Å². The van der Waals surface area contributed by atoms with Crippen LogP contribution in [0.2, 0.25) is 0 Å². The van der Waals surface area contributed by atoms with Crippen molar-refractivity contribution >= 4 is 71.3 Å². The van der Waals surface area contributed by atoms with Crippen LogP contribution in [0.25, 0.3) is 135 Å². The highest BCUT2D eigenvalue weighted by atomic mass is 32.1. The molecule has 0 bridgehead atoms. The molecule has 1 aliphatic carbocycles. The van der Waals surface area contributed by atoms with Gasteiger partial charge in [-0.3, -0.25) is 0 Å². The van der Waals surface area contributed by atoms with E-state index >= 15 is 0 Å². The summed E-state index contributed by atoms with van der Waals surface area (Å²) < 4.78 is 0. The van der Waals surface area contributed by atoms with Crippen molar-refractivity contribution in [3.63, 3.8) is 0 Å². The second kappa shape index (κ2) is 18.7. The maximum Gasteiger partial charge on any atom is 0.0349 e. The maximum absolute atomic E-state index is 2.45. The molecule has 0 amide bonds. The molecule has 0 aliphatic heterocycles. The Hall–Kier alpha value is -8.66. The summed E-state index contributed by atoms with van der Waals surface area (Å²) in [4.78, 5) is 5.10. The van der Waals surface area contributed by atoms with Crippen LogP contribution in [0.1, 0.15) is 18.4 Å². The lowest BCUT2D eigenvalue weighted by Gasteiger charge is -2.20. The van der Waals surface area contributed by atoms with Gasteiger partial charge in [0.25, 0.3) is 0 Å². The zero-order chi connectivity index (χ0) is 49.0. The monoisotopic (exact) mass is 976 g/mol. The molecule has 11 aromatic carbocycles. The van der Waals surface area contributed by atoms with Crippen LogP contribution in [0.3, 0.4) is 0 Å². The lowest BCUT2D eigenvalue weighted by atomic mass is 9.84. The topological polar surface area (TPSA) is 0 Å². The summed E-state index contributed by atoms with van der Waals surface area (Å²) in [6.07, 6.45) is 9.22. The molecule has 74 heavy (non-hydrogen) atoms. The number of fused-ring (bicyclic) bond motifs is 4. The summed E-state index contributed by atoms with van der Waals surface area (Å²) in [5.41, 5.74) is 17.4. The number of hydrogen-bond donors (Lipinski definition) is 0. The van der Waals surface area contributed by atoms with Crippen molar-refractivity contribution in [3.05, 3.63) is 273 Å². The average Bonchev–Trinajstić information content (AvgIpc) is 4.19. The number of rotatable bonds is 9. The lowest BCUT2D eigenvalue weighted by molar-refractivity contribution is 1.04. The zero-order valence-electron chi connectivity index (χ0n) is 40.6.